The maximum Gasteiger partial charge on any atom is 0.263 e. The second kappa shape index (κ2) is 7.65. The van der Waals surface area contributed by atoms with Gasteiger partial charge in [-0.2, -0.15) is 0 Å². The number of likely N-dealkylation sites (N-methyl/N-ethyl adjacent to an activating group) is 1. The third-order valence-corrected chi connectivity index (χ3v) is 7.04. The van der Waals surface area contributed by atoms with Gasteiger partial charge in [-0.05, 0) is 53.3 Å². The van der Waals surface area contributed by atoms with Crippen LogP contribution in [0.1, 0.15) is 0 Å². The van der Waals surface area contributed by atoms with Gasteiger partial charge in [0.1, 0.15) is 4.90 Å². The predicted molar refractivity (Wildman–Crippen MR) is 109 cm³/mol. The van der Waals surface area contributed by atoms with Crippen molar-refractivity contribution in [3.05, 3.63) is 51.4 Å². The van der Waals surface area contributed by atoms with E-state index in [-0.39, 0.29) is 4.90 Å². The maximum atomic E-state index is 12.8. The molecule has 3 rings (SSSR count). The maximum absolute atomic E-state index is 12.8. The molecule has 0 atom stereocenters. The topological polar surface area (TPSA) is 52.6 Å². The number of anilines is 2. The van der Waals surface area contributed by atoms with Crippen LogP contribution in [0, 0.1) is 0 Å². The Balaban J connectivity index is 1.94. The van der Waals surface area contributed by atoms with E-state index >= 15 is 0 Å². The molecule has 0 aliphatic carbocycles. The molecule has 0 radical (unpaired) electrons. The van der Waals surface area contributed by atoms with Crippen LogP contribution in [0.15, 0.2) is 56.3 Å². The first-order valence-corrected chi connectivity index (χ1v) is 10.9. The first-order chi connectivity index (χ1) is 11.9. The lowest BCUT2D eigenvalue weighted by atomic mass is 10.2. The van der Waals surface area contributed by atoms with E-state index in [4.69, 9.17) is 0 Å². The zero-order valence-corrected chi connectivity index (χ0v) is 17.7. The van der Waals surface area contributed by atoms with Gasteiger partial charge in [-0.25, -0.2) is 8.42 Å². The second-order valence-corrected chi connectivity index (χ2v) is 9.41. The molecule has 8 heteroatoms. The summed E-state index contributed by atoms with van der Waals surface area (Å²) in [4.78, 5) is 4.70. The van der Waals surface area contributed by atoms with Gasteiger partial charge in [0.2, 0.25) is 0 Å². The quantitative estimate of drug-likeness (QED) is 0.711. The third-order valence-electron chi connectivity index (χ3n) is 4.17. The molecular formula is C17H19Br2N3O2S. The van der Waals surface area contributed by atoms with E-state index in [1.807, 2.05) is 18.2 Å². The average molecular weight is 489 g/mol. The lowest BCUT2D eigenvalue weighted by Gasteiger charge is -2.35. The van der Waals surface area contributed by atoms with Crippen LogP contribution in [-0.2, 0) is 10.0 Å². The molecule has 0 aromatic heterocycles. The zero-order valence-electron chi connectivity index (χ0n) is 13.7. The highest BCUT2D eigenvalue weighted by Gasteiger charge is 2.22. The summed E-state index contributed by atoms with van der Waals surface area (Å²) in [5.41, 5.74) is 1.47. The minimum atomic E-state index is -3.69. The van der Waals surface area contributed by atoms with Gasteiger partial charge < -0.3 is 9.80 Å². The lowest BCUT2D eigenvalue weighted by Crippen LogP contribution is -2.44. The molecule has 0 unspecified atom stereocenters. The molecule has 5 nitrogen and oxygen atoms in total. The van der Waals surface area contributed by atoms with Crippen molar-refractivity contribution in [1.29, 1.82) is 0 Å². The van der Waals surface area contributed by atoms with Crippen molar-refractivity contribution in [2.24, 2.45) is 0 Å². The summed E-state index contributed by atoms with van der Waals surface area (Å²) in [7, 11) is -1.59. The van der Waals surface area contributed by atoms with Crippen molar-refractivity contribution in [3.63, 3.8) is 0 Å². The molecule has 0 spiro atoms. The number of piperazine rings is 1. The molecule has 134 valence electrons. The van der Waals surface area contributed by atoms with Gasteiger partial charge >= 0.3 is 0 Å². The summed E-state index contributed by atoms with van der Waals surface area (Å²) in [6.07, 6.45) is 0. The van der Waals surface area contributed by atoms with E-state index in [0.29, 0.717) is 10.2 Å². The van der Waals surface area contributed by atoms with Crippen LogP contribution in [0.4, 0.5) is 11.4 Å². The first kappa shape index (κ1) is 18.7. The van der Waals surface area contributed by atoms with E-state index in [1.165, 1.54) is 0 Å². The largest absolute Gasteiger partial charge is 0.367 e. The van der Waals surface area contributed by atoms with E-state index in [9.17, 15) is 8.42 Å². The van der Waals surface area contributed by atoms with E-state index in [0.717, 1.165) is 36.3 Å². The number of nitrogens with one attached hydrogen (secondary N) is 1. The number of hydrogen-bond donors (Lipinski definition) is 1. The van der Waals surface area contributed by atoms with Gasteiger partial charge in [-0.15, -0.1) is 0 Å². The van der Waals surface area contributed by atoms with Crippen molar-refractivity contribution in [2.75, 3.05) is 42.8 Å². The highest BCUT2D eigenvalue weighted by molar-refractivity contribution is 9.10. The first-order valence-electron chi connectivity index (χ1n) is 7.87. The molecule has 1 fully saturated rings. The van der Waals surface area contributed by atoms with Gasteiger partial charge in [-0.3, -0.25) is 4.72 Å². The summed E-state index contributed by atoms with van der Waals surface area (Å²) >= 11 is 6.75. The van der Waals surface area contributed by atoms with E-state index < -0.39 is 10.0 Å². The van der Waals surface area contributed by atoms with Crippen molar-refractivity contribution in [3.8, 4) is 0 Å². The molecule has 0 bridgehead atoms. The van der Waals surface area contributed by atoms with Gasteiger partial charge in [0.05, 0.1) is 11.4 Å². The Morgan fingerprint density at radius 2 is 1.68 bits per heavy atom. The Labute approximate surface area is 165 Å². The fourth-order valence-electron chi connectivity index (χ4n) is 2.78. The van der Waals surface area contributed by atoms with Gasteiger partial charge in [-0.1, -0.05) is 28.1 Å². The molecule has 1 N–H and O–H groups in total. The van der Waals surface area contributed by atoms with Crippen molar-refractivity contribution in [1.82, 2.24) is 4.90 Å². The number of sulfonamides is 1. The monoisotopic (exact) mass is 487 g/mol. The summed E-state index contributed by atoms with van der Waals surface area (Å²) < 4.78 is 29.8. The van der Waals surface area contributed by atoms with E-state index in [2.05, 4.69) is 53.4 Å². The Morgan fingerprint density at radius 1 is 1.00 bits per heavy atom. The zero-order chi connectivity index (χ0) is 18.0. The predicted octanol–water partition coefficient (Wildman–Crippen LogP) is 3.76. The number of hydrogen-bond acceptors (Lipinski definition) is 4. The summed E-state index contributed by atoms with van der Waals surface area (Å²) in [5, 5.41) is 0. The van der Waals surface area contributed by atoms with Crippen molar-refractivity contribution in [2.45, 2.75) is 4.90 Å². The Hall–Kier alpha value is -1.09. The molecule has 1 aliphatic rings. The molecule has 25 heavy (non-hydrogen) atoms. The van der Waals surface area contributed by atoms with Crippen LogP contribution in [0.2, 0.25) is 0 Å². The lowest BCUT2D eigenvalue weighted by molar-refractivity contribution is 0.313. The minimum absolute atomic E-state index is 0.222. The van der Waals surface area contributed by atoms with Crippen LogP contribution >= 0.6 is 31.9 Å². The fourth-order valence-corrected chi connectivity index (χ4v) is 5.21. The normalized spacial score (nSPS) is 16.0. The average Bonchev–Trinajstić information content (AvgIpc) is 2.56. The minimum Gasteiger partial charge on any atom is -0.367 e. The Bertz CT molecular complexity index is 866. The van der Waals surface area contributed by atoms with Crippen LogP contribution in [-0.4, -0.2) is 46.5 Å². The summed E-state index contributed by atoms with van der Waals surface area (Å²) in [5.74, 6) is 0. The molecule has 1 saturated heterocycles. The van der Waals surface area contributed by atoms with Crippen LogP contribution in [0.5, 0.6) is 0 Å². The number of rotatable bonds is 4. The number of halogens is 2. The molecule has 2 aromatic carbocycles. The van der Waals surface area contributed by atoms with Crippen molar-refractivity contribution < 1.29 is 8.42 Å². The molecule has 0 saturated carbocycles. The summed E-state index contributed by atoms with van der Waals surface area (Å²) in [6.45, 7) is 3.63. The Morgan fingerprint density at radius 3 is 2.36 bits per heavy atom. The second-order valence-electron chi connectivity index (χ2n) is 5.99. The van der Waals surface area contributed by atoms with Crippen molar-refractivity contribution >= 4 is 53.3 Å². The van der Waals surface area contributed by atoms with Gasteiger partial charge in [0.25, 0.3) is 10.0 Å². The van der Waals surface area contributed by atoms with Crippen LogP contribution < -0.4 is 9.62 Å². The fraction of sp³-hybridized carbons (Fsp3) is 0.294. The summed E-state index contributed by atoms with van der Waals surface area (Å²) in [6, 6.07) is 12.5. The van der Waals surface area contributed by atoms with Gasteiger partial charge in [0.15, 0.2) is 0 Å². The molecule has 1 heterocycles. The van der Waals surface area contributed by atoms with E-state index in [1.54, 1.807) is 24.3 Å². The number of benzene rings is 2. The number of nitrogens with zero attached hydrogens (tertiary/aromatic N) is 2. The molecule has 1 aliphatic heterocycles. The molecule has 2 aromatic rings. The molecule has 0 amide bonds. The Kier molecular flexibility index (Phi) is 5.72. The van der Waals surface area contributed by atoms with Crippen LogP contribution in [0.3, 0.4) is 0 Å². The smallest absolute Gasteiger partial charge is 0.263 e. The highest BCUT2D eigenvalue weighted by atomic mass is 79.9. The van der Waals surface area contributed by atoms with Gasteiger partial charge in [0, 0.05) is 35.1 Å². The standard InChI is InChI=1S/C17H19Br2N3O2S/c1-21-8-10-22(11-9-21)16-7-6-13(18)12-15(16)20-25(23,24)17-5-3-2-4-14(17)19/h2-7,12,20H,8-11H2,1H3. The highest BCUT2D eigenvalue weighted by Crippen LogP contribution is 2.33. The SMILES string of the molecule is CN1CCN(c2ccc(Br)cc2NS(=O)(=O)c2ccccc2Br)CC1. The third kappa shape index (κ3) is 4.36. The molecular weight excluding hydrogens is 470 g/mol. The van der Waals surface area contributed by atoms with Crippen LogP contribution in [0.25, 0.3) is 0 Å².